The molecule has 2 aromatic heterocycles. The molecule has 2 aromatic rings. The van der Waals surface area contributed by atoms with E-state index in [0.29, 0.717) is 17.0 Å². The fourth-order valence-corrected chi connectivity index (χ4v) is 3.00. The summed E-state index contributed by atoms with van der Waals surface area (Å²) in [6.45, 7) is 2.54. The molecule has 0 radical (unpaired) electrons. The number of hydrogen-bond donors (Lipinski definition) is 2. The molecule has 19 heavy (non-hydrogen) atoms. The first-order valence-corrected chi connectivity index (χ1v) is 7.55. The molecule has 0 fully saturated rings. The molecule has 98 valence electrons. The van der Waals surface area contributed by atoms with Crippen molar-refractivity contribution in [3.63, 3.8) is 0 Å². The van der Waals surface area contributed by atoms with Gasteiger partial charge in [0.2, 0.25) is 0 Å². The zero-order valence-electron chi connectivity index (χ0n) is 10.5. The maximum atomic E-state index is 9.02. The quantitative estimate of drug-likeness (QED) is 0.830. The van der Waals surface area contributed by atoms with Crippen LogP contribution in [0.4, 0.5) is 5.13 Å². The second kappa shape index (κ2) is 6.36. The number of anilines is 1. The first kappa shape index (κ1) is 13.6. The van der Waals surface area contributed by atoms with Crippen LogP contribution in [-0.4, -0.2) is 11.5 Å². The van der Waals surface area contributed by atoms with Crippen LogP contribution in [0.2, 0.25) is 0 Å². The van der Waals surface area contributed by atoms with E-state index in [9.17, 15) is 0 Å². The van der Waals surface area contributed by atoms with E-state index in [1.807, 2.05) is 5.38 Å². The standard InChI is InChI=1S/C13H14N4S2/c1-9(15)11(7-14)12-8-19-13(17-12)16-5-4-10-3-2-6-18-10/h2-3,6,8H,4-5,15H2,1H3,(H,16,17)/b11-9+. The lowest BCUT2D eigenvalue weighted by atomic mass is 10.2. The lowest BCUT2D eigenvalue weighted by Gasteiger charge is -2.00. The van der Waals surface area contributed by atoms with Crippen molar-refractivity contribution in [3.05, 3.63) is 39.2 Å². The smallest absolute Gasteiger partial charge is 0.183 e. The lowest BCUT2D eigenvalue weighted by molar-refractivity contribution is 1.04. The van der Waals surface area contributed by atoms with Crippen LogP contribution < -0.4 is 11.1 Å². The fourth-order valence-electron chi connectivity index (χ4n) is 1.56. The Kier molecular flexibility index (Phi) is 4.55. The number of thiazole rings is 1. The molecule has 0 saturated heterocycles. The summed E-state index contributed by atoms with van der Waals surface area (Å²) < 4.78 is 0. The van der Waals surface area contributed by atoms with Gasteiger partial charge >= 0.3 is 0 Å². The molecule has 4 nitrogen and oxygen atoms in total. The van der Waals surface area contributed by atoms with Gasteiger partial charge in [-0.25, -0.2) is 4.98 Å². The lowest BCUT2D eigenvalue weighted by Crippen LogP contribution is -2.03. The molecule has 0 bridgehead atoms. The first-order chi connectivity index (χ1) is 9.20. The number of nitrogens with one attached hydrogen (secondary N) is 1. The van der Waals surface area contributed by atoms with Gasteiger partial charge in [-0.05, 0) is 24.8 Å². The molecule has 0 aliphatic rings. The van der Waals surface area contributed by atoms with Gasteiger partial charge in [-0.2, -0.15) is 5.26 Å². The third kappa shape index (κ3) is 3.56. The van der Waals surface area contributed by atoms with Crippen molar-refractivity contribution in [2.24, 2.45) is 5.73 Å². The van der Waals surface area contributed by atoms with E-state index in [1.54, 1.807) is 18.3 Å². The van der Waals surface area contributed by atoms with Crippen LogP contribution >= 0.6 is 22.7 Å². The topological polar surface area (TPSA) is 74.7 Å². The van der Waals surface area contributed by atoms with E-state index in [0.717, 1.165) is 18.1 Å². The van der Waals surface area contributed by atoms with Crippen LogP contribution in [0.15, 0.2) is 28.6 Å². The zero-order chi connectivity index (χ0) is 13.7. The highest BCUT2D eigenvalue weighted by atomic mass is 32.1. The van der Waals surface area contributed by atoms with Crippen molar-refractivity contribution in [2.75, 3.05) is 11.9 Å². The normalized spacial score (nSPS) is 11.8. The highest BCUT2D eigenvalue weighted by Crippen LogP contribution is 2.22. The zero-order valence-corrected chi connectivity index (χ0v) is 12.1. The van der Waals surface area contributed by atoms with Crippen LogP contribution in [0.5, 0.6) is 0 Å². The van der Waals surface area contributed by atoms with Crippen LogP contribution in [0.3, 0.4) is 0 Å². The summed E-state index contributed by atoms with van der Waals surface area (Å²) in [5, 5.41) is 17.0. The average Bonchev–Trinajstić information content (AvgIpc) is 3.02. The highest BCUT2D eigenvalue weighted by Gasteiger charge is 2.08. The average molecular weight is 290 g/mol. The van der Waals surface area contributed by atoms with Crippen molar-refractivity contribution in [2.45, 2.75) is 13.3 Å². The molecule has 0 aliphatic carbocycles. The molecular weight excluding hydrogens is 276 g/mol. The van der Waals surface area contributed by atoms with E-state index in [4.69, 9.17) is 11.0 Å². The van der Waals surface area contributed by atoms with E-state index in [1.165, 1.54) is 16.2 Å². The number of aromatic nitrogens is 1. The second-order valence-corrected chi connectivity index (χ2v) is 5.85. The van der Waals surface area contributed by atoms with E-state index in [-0.39, 0.29) is 0 Å². The molecule has 0 amide bonds. The van der Waals surface area contributed by atoms with E-state index in [2.05, 4.69) is 33.9 Å². The summed E-state index contributed by atoms with van der Waals surface area (Å²) in [6, 6.07) is 6.25. The van der Waals surface area contributed by atoms with Crippen LogP contribution in [0.25, 0.3) is 5.57 Å². The number of hydrogen-bond acceptors (Lipinski definition) is 6. The number of nitrogens with two attached hydrogens (primary N) is 1. The number of allylic oxidation sites excluding steroid dienone is 2. The van der Waals surface area contributed by atoms with Crippen molar-refractivity contribution < 1.29 is 0 Å². The van der Waals surface area contributed by atoms with Crippen molar-refractivity contribution in [3.8, 4) is 6.07 Å². The van der Waals surface area contributed by atoms with Crippen LogP contribution in [0.1, 0.15) is 17.5 Å². The second-order valence-electron chi connectivity index (χ2n) is 3.96. The number of nitrogens with zero attached hydrogens (tertiary/aromatic N) is 2. The Balaban J connectivity index is 1.95. The Bertz CT molecular complexity index is 601. The predicted molar refractivity (Wildman–Crippen MR) is 81.0 cm³/mol. The van der Waals surface area contributed by atoms with Crippen LogP contribution in [0, 0.1) is 11.3 Å². The maximum Gasteiger partial charge on any atom is 0.183 e. The van der Waals surface area contributed by atoms with Gasteiger partial charge in [0.1, 0.15) is 6.07 Å². The Morgan fingerprint density at radius 3 is 3.00 bits per heavy atom. The Labute approximate surface area is 120 Å². The number of rotatable bonds is 5. The predicted octanol–water partition coefficient (Wildman–Crippen LogP) is 3.07. The van der Waals surface area contributed by atoms with E-state index < -0.39 is 0 Å². The highest BCUT2D eigenvalue weighted by molar-refractivity contribution is 7.13. The van der Waals surface area contributed by atoms with Gasteiger partial charge in [-0.3, -0.25) is 0 Å². The summed E-state index contributed by atoms with van der Waals surface area (Å²) in [5.74, 6) is 0. The Hall–Kier alpha value is -1.84. The third-order valence-corrected chi connectivity index (χ3v) is 4.23. The molecule has 0 saturated carbocycles. The van der Waals surface area contributed by atoms with Gasteiger partial charge in [0.05, 0.1) is 11.3 Å². The number of nitriles is 1. The third-order valence-electron chi connectivity index (χ3n) is 2.49. The van der Waals surface area contributed by atoms with Gasteiger partial charge in [0.25, 0.3) is 0 Å². The van der Waals surface area contributed by atoms with Crippen LogP contribution in [-0.2, 0) is 6.42 Å². The summed E-state index contributed by atoms with van der Waals surface area (Å²) in [7, 11) is 0. The Morgan fingerprint density at radius 1 is 1.53 bits per heavy atom. The SMILES string of the molecule is C/C(N)=C(/C#N)c1csc(NCCc2cccs2)n1. The summed E-state index contributed by atoms with van der Waals surface area (Å²) in [4.78, 5) is 5.72. The maximum absolute atomic E-state index is 9.02. The van der Waals surface area contributed by atoms with Gasteiger partial charge in [0.15, 0.2) is 5.13 Å². The molecular formula is C13H14N4S2. The molecule has 0 aromatic carbocycles. The van der Waals surface area contributed by atoms with Crippen molar-refractivity contribution in [1.82, 2.24) is 4.98 Å². The molecule has 0 unspecified atom stereocenters. The molecule has 0 spiro atoms. The van der Waals surface area contributed by atoms with Crippen molar-refractivity contribution in [1.29, 1.82) is 5.26 Å². The largest absolute Gasteiger partial charge is 0.401 e. The molecule has 6 heteroatoms. The minimum atomic E-state index is 0.447. The molecule has 3 N–H and O–H groups in total. The minimum Gasteiger partial charge on any atom is -0.401 e. The molecule has 2 heterocycles. The molecule has 0 atom stereocenters. The Morgan fingerprint density at radius 2 is 2.37 bits per heavy atom. The minimum absolute atomic E-state index is 0.447. The monoisotopic (exact) mass is 290 g/mol. The number of thiophene rings is 1. The first-order valence-electron chi connectivity index (χ1n) is 5.79. The van der Waals surface area contributed by atoms with E-state index >= 15 is 0 Å². The summed E-state index contributed by atoms with van der Waals surface area (Å²) in [6.07, 6.45) is 0.976. The molecule has 2 rings (SSSR count). The van der Waals surface area contributed by atoms with Crippen molar-refractivity contribution >= 4 is 33.4 Å². The summed E-state index contributed by atoms with van der Waals surface area (Å²) in [5.41, 5.74) is 7.24. The summed E-state index contributed by atoms with van der Waals surface area (Å²) >= 11 is 3.24. The van der Waals surface area contributed by atoms with Gasteiger partial charge in [-0.15, -0.1) is 22.7 Å². The van der Waals surface area contributed by atoms with Gasteiger partial charge in [-0.1, -0.05) is 6.07 Å². The van der Waals surface area contributed by atoms with Gasteiger partial charge in [0, 0.05) is 22.5 Å². The van der Waals surface area contributed by atoms with Gasteiger partial charge < -0.3 is 11.1 Å². The fraction of sp³-hybridized carbons (Fsp3) is 0.231. The molecule has 0 aliphatic heterocycles.